The molecule has 2 fully saturated rings. The van der Waals surface area contributed by atoms with Crippen LogP contribution in [0, 0.1) is 5.41 Å². The third kappa shape index (κ3) is 5.43. The molecule has 2 aromatic rings. The maximum Gasteiger partial charge on any atom is 0.293 e. The molecule has 1 aromatic heterocycles. The van der Waals surface area contributed by atoms with Crippen LogP contribution in [0.5, 0.6) is 0 Å². The van der Waals surface area contributed by atoms with E-state index in [1.54, 1.807) is 18.3 Å². The smallest absolute Gasteiger partial charge is 0.293 e. The highest BCUT2D eigenvalue weighted by Gasteiger charge is 2.49. The van der Waals surface area contributed by atoms with Crippen molar-refractivity contribution in [2.45, 2.75) is 67.2 Å². The van der Waals surface area contributed by atoms with Crippen LogP contribution in [-0.4, -0.2) is 64.1 Å². The lowest BCUT2D eigenvalue weighted by Gasteiger charge is -2.42. The zero-order valence-corrected chi connectivity index (χ0v) is 24.1. The summed E-state index contributed by atoms with van der Waals surface area (Å²) in [5, 5.41) is 0.329. The maximum atomic E-state index is 14.9. The molecule has 0 saturated carbocycles. The van der Waals surface area contributed by atoms with Gasteiger partial charge in [-0.25, -0.2) is 9.97 Å². The lowest BCUT2D eigenvalue weighted by molar-refractivity contribution is -0.117. The normalized spacial score (nSPS) is 22.8. The number of nitrogen functional groups attached to an aromatic ring is 1. The van der Waals surface area contributed by atoms with Crippen LogP contribution in [-0.2, 0) is 26.8 Å². The molecule has 5 rings (SSSR count). The minimum absolute atomic E-state index is 0.0132. The SMILES string of the molecule is CC(=O)N1CC(F)(F)c2c(Sc3ncc(N4CCC5(CC4)COC[C@H]5N[S+]([O-])C(C)(C)C)nc3N)cccc21. The van der Waals surface area contributed by atoms with E-state index in [9.17, 15) is 18.1 Å². The molecule has 39 heavy (non-hydrogen) atoms. The van der Waals surface area contributed by atoms with Gasteiger partial charge in [0.15, 0.2) is 5.82 Å². The Morgan fingerprint density at radius 3 is 2.67 bits per heavy atom. The van der Waals surface area contributed by atoms with Gasteiger partial charge in [0.25, 0.3) is 5.92 Å². The van der Waals surface area contributed by atoms with Crippen molar-refractivity contribution in [3.63, 3.8) is 0 Å². The second kappa shape index (κ2) is 10.3. The zero-order chi connectivity index (χ0) is 28.2. The van der Waals surface area contributed by atoms with Gasteiger partial charge in [-0.3, -0.25) is 4.79 Å². The van der Waals surface area contributed by atoms with Gasteiger partial charge in [0.2, 0.25) is 5.91 Å². The topological polar surface area (TPSA) is 120 Å². The number of alkyl halides is 2. The lowest BCUT2D eigenvalue weighted by Crippen LogP contribution is -2.55. The Labute approximate surface area is 234 Å². The molecule has 1 unspecified atom stereocenters. The van der Waals surface area contributed by atoms with Gasteiger partial charge in [-0.1, -0.05) is 17.8 Å². The minimum atomic E-state index is -3.17. The Kier molecular flexibility index (Phi) is 7.51. The first kappa shape index (κ1) is 28.3. The molecule has 4 heterocycles. The summed E-state index contributed by atoms with van der Waals surface area (Å²) in [5.74, 6) is -2.83. The number of nitrogens with two attached hydrogens (primary N) is 1. The fraction of sp³-hybridized carbons (Fsp3) is 0.577. The Hall–Kier alpha value is -2.19. The van der Waals surface area contributed by atoms with E-state index in [1.807, 2.05) is 20.8 Å². The number of piperidine rings is 1. The van der Waals surface area contributed by atoms with E-state index in [-0.39, 0.29) is 33.3 Å². The number of nitrogens with zero attached hydrogens (tertiary/aromatic N) is 4. The van der Waals surface area contributed by atoms with Gasteiger partial charge in [-0.05, 0) is 45.7 Å². The van der Waals surface area contributed by atoms with Crippen LogP contribution in [0.1, 0.15) is 46.1 Å². The number of hydrogen-bond acceptors (Lipinski definition) is 9. The van der Waals surface area contributed by atoms with E-state index in [1.165, 1.54) is 13.0 Å². The molecule has 3 aliphatic rings. The number of fused-ring (bicyclic) bond motifs is 1. The van der Waals surface area contributed by atoms with Gasteiger partial charge in [-0.15, -0.1) is 4.72 Å². The quantitative estimate of drug-likeness (QED) is 0.510. The van der Waals surface area contributed by atoms with E-state index in [2.05, 4.69) is 19.6 Å². The second-order valence-electron chi connectivity index (χ2n) is 11.4. The Balaban J connectivity index is 1.29. The summed E-state index contributed by atoms with van der Waals surface area (Å²) in [6.07, 6.45) is 3.29. The average Bonchev–Trinajstić information content (AvgIpc) is 3.38. The second-order valence-corrected chi connectivity index (χ2v) is 14.4. The molecule has 13 heteroatoms. The van der Waals surface area contributed by atoms with Crippen molar-refractivity contribution >= 4 is 46.4 Å². The Morgan fingerprint density at radius 2 is 2.03 bits per heavy atom. The van der Waals surface area contributed by atoms with Crippen LogP contribution in [0.4, 0.5) is 26.1 Å². The number of aromatic nitrogens is 2. The molecule has 1 spiro atoms. The molecule has 0 radical (unpaired) electrons. The largest absolute Gasteiger partial charge is 0.598 e. The number of carbonyl (C=O) groups excluding carboxylic acids is 1. The molecule has 3 N–H and O–H groups in total. The van der Waals surface area contributed by atoms with Crippen LogP contribution < -0.4 is 20.3 Å². The average molecular weight is 581 g/mol. The highest BCUT2D eigenvalue weighted by molar-refractivity contribution is 7.99. The molecule has 9 nitrogen and oxygen atoms in total. The Morgan fingerprint density at radius 1 is 1.31 bits per heavy atom. The number of halogens is 2. The third-order valence-corrected chi connectivity index (χ3v) is 10.3. The monoisotopic (exact) mass is 580 g/mol. The fourth-order valence-electron chi connectivity index (χ4n) is 5.36. The molecule has 1 amide bonds. The van der Waals surface area contributed by atoms with Crippen LogP contribution in [0.15, 0.2) is 34.3 Å². The van der Waals surface area contributed by atoms with Gasteiger partial charge in [0.05, 0.1) is 43.2 Å². The van der Waals surface area contributed by atoms with E-state index in [0.29, 0.717) is 42.0 Å². The number of hydrogen-bond donors (Lipinski definition) is 2. The molecule has 3 aliphatic heterocycles. The summed E-state index contributed by atoms with van der Waals surface area (Å²) in [6, 6.07) is 4.77. The summed E-state index contributed by atoms with van der Waals surface area (Å²) in [6.45, 7) is 9.02. The Bertz CT molecular complexity index is 1250. The first-order valence-corrected chi connectivity index (χ1v) is 14.9. The molecule has 0 aliphatic carbocycles. The highest BCUT2D eigenvalue weighted by atomic mass is 32.2. The van der Waals surface area contributed by atoms with Crippen molar-refractivity contribution in [2.75, 3.05) is 48.4 Å². The summed E-state index contributed by atoms with van der Waals surface area (Å²) < 4.78 is 51.3. The first-order valence-electron chi connectivity index (χ1n) is 12.9. The predicted octanol–water partition coefficient (Wildman–Crippen LogP) is 3.71. The number of amides is 1. The van der Waals surface area contributed by atoms with Crippen molar-refractivity contribution in [1.82, 2.24) is 14.7 Å². The summed E-state index contributed by atoms with van der Waals surface area (Å²) in [7, 11) is 0. The lowest BCUT2D eigenvalue weighted by atomic mass is 9.75. The van der Waals surface area contributed by atoms with Crippen molar-refractivity contribution in [2.24, 2.45) is 5.41 Å². The molecule has 0 bridgehead atoms. The summed E-state index contributed by atoms with van der Waals surface area (Å²) in [5.41, 5.74) is 6.18. The first-order chi connectivity index (χ1) is 18.3. The zero-order valence-electron chi connectivity index (χ0n) is 22.5. The highest BCUT2D eigenvalue weighted by Crippen LogP contribution is 2.49. The fourth-order valence-corrected chi connectivity index (χ4v) is 7.25. The molecular weight excluding hydrogens is 546 g/mol. The number of rotatable bonds is 5. The number of carbonyl (C=O) groups is 1. The van der Waals surface area contributed by atoms with Crippen LogP contribution in [0.3, 0.4) is 0 Å². The predicted molar refractivity (Wildman–Crippen MR) is 148 cm³/mol. The molecule has 212 valence electrons. The minimum Gasteiger partial charge on any atom is -0.598 e. The standard InChI is InChI=1S/C26H34F2N6O3S2/c1-16(35)34-14-26(27,28)21-17(34)6-5-7-18(21)38-23-22(29)31-20(12-30-23)33-10-8-25(9-11-33)15-37-13-19(25)32-39(36)24(2,3)4/h5-7,12,19,32H,8-11,13-15H2,1-4H3,(H2,29,31)/t19-,39?/m1/s1. The number of benzene rings is 1. The van der Waals surface area contributed by atoms with Gasteiger partial charge < -0.3 is 24.8 Å². The van der Waals surface area contributed by atoms with E-state index < -0.39 is 29.7 Å². The van der Waals surface area contributed by atoms with Gasteiger partial charge >= 0.3 is 0 Å². The van der Waals surface area contributed by atoms with E-state index in [0.717, 1.165) is 29.5 Å². The molecule has 2 atom stereocenters. The van der Waals surface area contributed by atoms with Gasteiger partial charge in [0.1, 0.15) is 15.6 Å². The van der Waals surface area contributed by atoms with Crippen LogP contribution >= 0.6 is 11.8 Å². The van der Waals surface area contributed by atoms with Crippen molar-refractivity contribution in [3.05, 3.63) is 30.0 Å². The number of nitrogens with one attached hydrogen (secondary N) is 1. The van der Waals surface area contributed by atoms with E-state index in [4.69, 9.17) is 10.5 Å². The molecular formula is C26H34F2N6O3S2. The van der Waals surface area contributed by atoms with E-state index >= 15 is 0 Å². The van der Waals surface area contributed by atoms with Crippen molar-refractivity contribution in [1.29, 1.82) is 0 Å². The van der Waals surface area contributed by atoms with Crippen molar-refractivity contribution < 1.29 is 22.9 Å². The van der Waals surface area contributed by atoms with Gasteiger partial charge in [-0.2, -0.15) is 8.78 Å². The number of anilines is 3. The summed E-state index contributed by atoms with van der Waals surface area (Å²) in [4.78, 5) is 24.4. The number of ether oxygens (including phenoxy) is 1. The molecule has 1 aromatic carbocycles. The van der Waals surface area contributed by atoms with Crippen LogP contribution in [0.25, 0.3) is 0 Å². The summed E-state index contributed by atoms with van der Waals surface area (Å²) >= 11 is -0.158. The van der Waals surface area contributed by atoms with Crippen LogP contribution in [0.2, 0.25) is 0 Å². The third-order valence-electron chi connectivity index (χ3n) is 7.66. The maximum absolute atomic E-state index is 14.9. The molecule has 2 saturated heterocycles. The van der Waals surface area contributed by atoms with Gasteiger partial charge in [0, 0.05) is 41.7 Å². The van der Waals surface area contributed by atoms with Crippen molar-refractivity contribution in [3.8, 4) is 0 Å².